The first kappa shape index (κ1) is 115. The lowest BCUT2D eigenvalue weighted by atomic mass is 10.1. The van der Waals surface area contributed by atoms with E-state index in [2.05, 4.69) is 84.6 Å². The number of aldehydes is 1. The van der Waals surface area contributed by atoms with E-state index in [9.17, 15) is 62.1 Å². The SMILES string of the molecule is COC(=O)/C(C)=C/c1ccnc(NC(=O)OC(C)(C)C)c1.COC(=O)C(N)Cc1ccnc(NC(=O)OC(C)(C)C)c1.COC(=O)C(NC(=O)OCc1ccccc1)P(=O)(OC)OC.COC(=O)c1ccnc(N)c1.COC(=O)c1ccnc(NC(=O)OC(C)(C)C)c1.COC(C)(C)C(=O)O.Cc1cc(C=O)ccn1.Cc1cc(CO)ccn1.Nc1cc(C(=O)O)ccn1. The molecule has 42 nitrogen and oxygen atoms in total. The highest BCUT2D eigenvalue weighted by atomic mass is 31.2. The van der Waals surface area contributed by atoms with Crippen molar-refractivity contribution in [3.63, 3.8) is 0 Å². The molecule has 129 heavy (non-hydrogen) atoms. The number of aliphatic carboxylic acids is 1. The van der Waals surface area contributed by atoms with Crippen LogP contribution in [0.25, 0.3) is 6.08 Å². The van der Waals surface area contributed by atoms with Gasteiger partial charge < -0.3 is 88.9 Å². The molecule has 0 saturated carbocycles. The van der Waals surface area contributed by atoms with Gasteiger partial charge in [0.15, 0.2) is 5.60 Å². The van der Waals surface area contributed by atoms with E-state index in [0.29, 0.717) is 39.7 Å². The predicted molar refractivity (Wildman–Crippen MR) is 474 cm³/mol. The van der Waals surface area contributed by atoms with Crippen molar-refractivity contribution in [2.75, 3.05) is 84.3 Å². The number of hydrogen-bond acceptors (Lipinski definition) is 36. The number of nitrogens with two attached hydrogens (primary N) is 3. The summed E-state index contributed by atoms with van der Waals surface area (Å²) in [7, 11) is 5.95. The summed E-state index contributed by atoms with van der Waals surface area (Å²) in [5.41, 5.74) is 20.4. The lowest BCUT2D eigenvalue weighted by Crippen LogP contribution is -2.42. The van der Waals surface area contributed by atoms with Crippen molar-refractivity contribution in [1.82, 2.24) is 40.2 Å². The third-order valence-electron chi connectivity index (χ3n) is 14.7. The smallest absolute Gasteiger partial charge is 0.413 e. The second kappa shape index (κ2) is 58.8. The number of methoxy groups -OCH3 is 6. The zero-order chi connectivity index (χ0) is 98.4. The Kier molecular flexibility index (Phi) is 52.3. The number of ether oxygens (including phenoxy) is 10. The Morgan fingerprint density at radius 1 is 0.473 bits per heavy atom. The van der Waals surface area contributed by atoms with Gasteiger partial charge in [-0.25, -0.2) is 72.9 Å². The van der Waals surface area contributed by atoms with Crippen molar-refractivity contribution in [1.29, 1.82) is 0 Å². The lowest BCUT2D eigenvalue weighted by molar-refractivity contribution is -0.157. The summed E-state index contributed by atoms with van der Waals surface area (Å²) in [4.78, 5) is 161. The first-order valence-corrected chi connectivity index (χ1v) is 39.7. The molecule has 1 aromatic carbocycles. The maximum Gasteiger partial charge on any atom is 0.413 e. The van der Waals surface area contributed by atoms with Gasteiger partial charge in [0, 0.05) is 87.2 Å². The number of carboxylic acids is 2. The minimum Gasteiger partial charge on any atom is -0.479 e. The summed E-state index contributed by atoms with van der Waals surface area (Å²) in [6.07, 6.45) is 10.6. The molecular weight excluding hydrogens is 1710 g/mol. The minimum atomic E-state index is -3.90. The van der Waals surface area contributed by atoms with Crippen LogP contribution in [0, 0.1) is 13.8 Å². The highest BCUT2D eigenvalue weighted by molar-refractivity contribution is 7.55. The van der Waals surface area contributed by atoms with Crippen LogP contribution in [-0.4, -0.2) is 214 Å². The van der Waals surface area contributed by atoms with Crippen LogP contribution in [0.3, 0.4) is 0 Å². The highest BCUT2D eigenvalue weighted by Gasteiger charge is 2.43. The topological polar surface area (TPSA) is 610 Å². The molecule has 702 valence electrons. The molecule has 0 spiro atoms. The molecule has 0 bridgehead atoms. The van der Waals surface area contributed by atoms with E-state index in [1.54, 1.807) is 161 Å². The van der Waals surface area contributed by atoms with E-state index >= 15 is 0 Å². The monoisotopic (exact) mass is 1820 g/mol. The predicted octanol–water partition coefficient (Wildman–Crippen LogP) is 12.0. The molecule has 8 aromatic rings. The third kappa shape index (κ3) is 51.0. The number of nitrogens with zero attached hydrogens (tertiary/aromatic N) is 7. The number of hydrogen-bond donors (Lipinski definition) is 10. The normalized spacial score (nSPS) is 11.0. The number of aliphatic hydroxyl groups is 1. The number of rotatable bonds is 22. The summed E-state index contributed by atoms with van der Waals surface area (Å²) in [5.74, 6) is -4.88. The lowest BCUT2D eigenvalue weighted by Gasteiger charge is -2.22. The number of pyridine rings is 7. The Balaban J connectivity index is 0.00000146. The van der Waals surface area contributed by atoms with Crippen LogP contribution in [0.1, 0.15) is 158 Å². The fraction of sp³-hybridized carbons (Fsp3) is 0.360. The molecule has 0 saturated heterocycles. The van der Waals surface area contributed by atoms with Crippen molar-refractivity contribution in [2.24, 2.45) is 5.73 Å². The van der Waals surface area contributed by atoms with Crippen LogP contribution in [0.2, 0.25) is 0 Å². The number of anilines is 5. The zero-order valence-corrected chi connectivity index (χ0v) is 76.7. The molecule has 0 fully saturated rings. The van der Waals surface area contributed by atoms with Crippen molar-refractivity contribution >= 4 is 115 Å². The van der Waals surface area contributed by atoms with Gasteiger partial charge in [-0.15, -0.1) is 0 Å². The summed E-state index contributed by atoms with van der Waals surface area (Å²) in [6, 6.07) is 30.6. The van der Waals surface area contributed by atoms with E-state index in [1.807, 2.05) is 26.0 Å². The summed E-state index contributed by atoms with van der Waals surface area (Å²) >= 11 is 0. The molecule has 0 aliphatic carbocycles. The van der Waals surface area contributed by atoms with Crippen LogP contribution in [0.15, 0.2) is 164 Å². The fourth-order valence-electron chi connectivity index (χ4n) is 8.45. The number of carboxylic acid groups (broad SMARTS) is 2. The third-order valence-corrected chi connectivity index (χ3v) is 16.7. The molecule has 8 rings (SSSR count). The Morgan fingerprint density at radius 2 is 0.891 bits per heavy atom. The number of benzene rings is 1. The zero-order valence-electron chi connectivity index (χ0n) is 75.8. The number of carbonyl (C=O) groups is 12. The molecule has 13 N–H and O–H groups in total. The van der Waals surface area contributed by atoms with E-state index in [4.69, 9.17) is 60.5 Å². The molecule has 4 amide bonds. The van der Waals surface area contributed by atoms with Crippen LogP contribution in [0.4, 0.5) is 48.3 Å². The summed E-state index contributed by atoms with van der Waals surface area (Å²) in [6.45, 7) is 24.4. The van der Waals surface area contributed by atoms with Crippen LogP contribution in [-0.2, 0) is 99.8 Å². The van der Waals surface area contributed by atoms with Crippen molar-refractivity contribution in [3.8, 4) is 0 Å². The van der Waals surface area contributed by atoms with Gasteiger partial charge in [-0.05, 0) is 217 Å². The van der Waals surface area contributed by atoms with E-state index < -0.39 is 108 Å². The van der Waals surface area contributed by atoms with Gasteiger partial charge in [0.1, 0.15) is 64.8 Å². The second-order valence-electron chi connectivity index (χ2n) is 29.1. The van der Waals surface area contributed by atoms with Crippen LogP contribution in [0.5, 0.6) is 0 Å². The number of carbonyl (C=O) groups excluding carboxylic acids is 10. The number of amides is 4. The molecular formula is C86H115N14O28P. The second-order valence-corrected chi connectivity index (χ2v) is 31.4. The number of aromatic nitrogens is 7. The Bertz CT molecular complexity index is 5000. The summed E-state index contributed by atoms with van der Waals surface area (Å²) < 4.78 is 69.2. The van der Waals surface area contributed by atoms with Crippen LogP contribution < -0.4 is 38.5 Å². The molecule has 7 heterocycles. The van der Waals surface area contributed by atoms with Gasteiger partial charge in [-0.3, -0.25) is 45.4 Å². The van der Waals surface area contributed by atoms with Gasteiger partial charge >= 0.3 is 73.8 Å². The number of esters is 5. The van der Waals surface area contributed by atoms with Gasteiger partial charge in [0.2, 0.25) is 5.78 Å². The van der Waals surface area contributed by atoms with Gasteiger partial charge in [0.05, 0.1) is 58.8 Å². The van der Waals surface area contributed by atoms with Crippen molar-refractivity contribution in [3.05, 3.63) is 220 Å². The van der Waals surface area contributed by atoms with Crippen LogP contribution >= 0.6 is 7.60 Å². The minimum absolute atomic E-state index is 0.00910. The Labute approximate surface area is 747 Å². The summed E-state index contributed by atoms with van der Waals surface area (Å²) in [5, 5.41) is 35.0. The molecule has 7 aromatic heterocycles. The quantitative estimate of drug-likeness (QED) is 0.00990. The largest absolute Gasteiger partial charge is 0.479 e. The molecule has 0 aliphatic rings. The van der Waals surface area contributed by atoms with Gasteiger partial charge in [0.25, 0.3) is 0 Å². The van der Waals surface area contributed by atoms with E-state index in [-0.39, 0.29) is 36.8 Å². The van der Waals surface area contributed by atoms with Crippen molar-refractivity contribution < 1.29 is 134 Å². The number of aliphatic hydroxyl groups excluding tert-OH is 1. The van der Waals surface area contributed by atoms with Gasteiger partial charge in [-0.1, -0.05) is 30.3 Å². The first-order valence-electron chi connectivity index (χ1n) is 38.0. The number of aryl methyl sites for hydroxylation is 2. The fourth-order valence-corrected chi connectivity index (χ4v) is 9.65. The molecule has 2 atom stereocenters. The Hall–Kier alpha value is -14.3. The average molecular weight is 1820 g/mol. The molecule has 2 unspecified atom stereocenters. The number of nitrogen functional groups attached to an aromatic ring is 2. The highest BCUT2D eigenvalue weighted by Crippen LogP contribution is 2.51. The standard InChI is InChI=1S/C15H20N2O4.C14H21N3O4.C13H18NO7P.C12H16N2O4.C7H8N2O2.C7H9NO.C7H7NO.C6H6N2O2.C5H10O3/c1-10(13(18)20-5)8-11-6-7-16-12(9-11)17-14(19)21-15(2,3)4;1-14(2,3)21-13(19)17-11-8-9(5-6-16-11)7-10(15)12(18)20-4;1-18-12(15)11(22(17,19-2)20-3)14-13(16)21-9-10-7-5-4-6-8-10;1-12(2,3)18-11(16)14-9-7-8(5-6-13-9)10(15)17-4;1-11-7(10)5-2-3-9-6(8)4-5;2*1-6-4-7(5-9)2-3-8-6;7-5-3-4(6(9)10)1-2-8-5;1-5(2,8-3)4(6)7/h6-9H,1-5H3,(H,16,17,19);5-6,8,10H,7,15H2,1-4H3,(H,16,17,19);4-8,11H,9H2,1-3H3,(H,14,16);5-7H,1-4H3,(H,13,14,16);2-4H,1H3,(H2,8,9);2-4,9H,5H2,1H3;2-5H,1H3;1-3H,(H2,7,8)(H,9,10);1-3H3,(H,6,7)/b10-8+;;;;;;;;. The maximum absolute atomic E-state index is 12.2. The first-order chi connectivity index (χ1) is 60.3. The number of alkyl carbamates (subject to hydrolysis) is 1. The molecule has 0 radical (unpaired) electrons. The van der Waals surface area contributed by atoms with Gasteiger partial charge in [-0.2, -0.15) is 0 Å². The van der Waals surface area contributed by atoms with E-state index in [0.717, 1.165) is 61.3 Å². The number of nitrogens with one attached hydrogen (secondary N) is 4. The average Bonchev–Trinajstić information content (AvgIpc) is 0.827. The van der Waals surface area contributed by atoms with Crippen molar-refractivity contribution in [2.45, 2.75) is 151 Å². The van der Waals surface area contributed by atoms with E-state index in [1.165, 1.54) is 111 Å². The molecule has 43 heteroatoms. The number of aromatic carboxylic acids is 1. The Morgan fingerprint density at radius 3 is 1.28 bits per heavy atom. The maximum atomic E-state index is 12.2. The molecule has 0 aliphatic heterocycles.